The van der Waals surface area contributed by atoms with E-state index < -0.39 is 5.41 Å². The second kappa shape index (κ2) is 11.9. The minimum Gasteiger partial charge on any atom is -0.456 e. The van der Waals surface area contributed by atoms with Crippen LogP contribution in [0, 0.1) is 0 Å². The Morgan fingerprint density at radius 1 is 0.362 bits per heavy atom. The van der Waals surface area contributed by atoms with Crippen LogP contribution in [0.2, 0.25) is 0 Å². The minimum absolute atomic E-state index is 0.449. The molecule has 0 saturated heterocycles. The Hall–Kier alpha value is -7.20. The molecule has 58 heavy (non-hydrogen) atoms. The lowest BCUT2D eigenvalue weighted by Crippen LogP contribution is -2.26. The minimum atomic E-state index is -0.449. The lowest BCUT2D eigenvalue weighted by Gasteiger charge is -2.32. The number of rotatable bonds is 4. The summed E-state index contributed by atoms with van der Waals surface area (Å²) < 4.78 is 9.03. The van der Waals surface area contributed by atoms with Gasteiger partial charge in [-0.3, -0.25) is 0 Å². The van der Waals surface area contributed by atoms with Crippen LogP contribution in [0.1, 0.15) is 22.3 Å². The van der Waals surface area contributed by atoms with Crippen LogP contribution in [0.3, 0.4) is 0 Å². The molecule has 0 amide bonds. The van der Waals surface area contributed by atoms with Crippen LogP contribution < -0.4 is 4.90 Å². The van der Waals surface area contributed by atoms with E-state index in [1.54, 1.807) is 0 Å². The van der Waals surface area contributed by atoms with Gasteiger partial charge in [-0.05, 0) is 105 Å². The molecule has 0 bridgehead atoms. The Bertz CT molecular complexity index is 3430. The second-order valence-electron chi connectivity index (χ2n) is 15.5. The van der Waals surface area contributed by atoms with Crippen molar-refractivity contribution in [2.75, 3.05) is 4.90 Å². The molecule has 270 valence electrons. The van der Waals surface area contributed by atoms with Crippen molar-refractivity contribution in [1.29, 1.82) is 0 Å². The summed E-state index contributed by atoms with van der Waals surface area (Å²) >= 11 is 1.86. The number of fused-ring (bicyclic) bond motifs is 16. The fourth-order valence-electron chi connectivity index (χ4n) is 10.4. The summed E-state index contributed by atoms with van der Waals surface area (Å²) in [7, 11) is 0. The van der Waals surface area contributed by atoms with Gasteiger partial charge in [0.05, 0.1) is 11.1 Å². The van der Waals surface area contributed by atoms with E-state index in [2.05, 4.69) is 199 Å². The van der Waals surface area contributed by atoms with Crippen LogP contribution in [-0.4, -0.2) is 0 Å². The van der Waals surface area contributed by atoms with Crippen molar-refractivity contribution in [1.82, 2.24) is 0 Å². The van der Waals surface area contributed by atoms with Crippen LogP contribution in [0.15, 0.2) is 205 Å². The Labute approximate surface area is 339 Å². The van der Waals surface area contributed by atoms with Crippen molar-refractivity contribution in [2.45, 2.75) is 5.41 Å². The van der Waals surface area contributed by atoms with E-state index in [9.17, 15) is 0 Å². The molecule has 0 radical (unpaired) electrons. The zero-order valence-corrected chi connectivity index (χ0v) is 32.1. The zero-order chi connectivity index (χ0) is 38.0. The Kier molecular flexibility index (Phi) is 6.56. The number of furan rings is 1. The molecule has 11 aromatic rings. The number of para-hydroxylation sites is 2. The molecule has 3 heteroatoms. The number of anilines is 3. The van der Waals surface area contributed by atoms with Gasteiger partial charge < -0.3 is 9.32 Å². The van der Waals surface area contributed by atoms with Crippen molar-refractivity contribution in [3.63, 3.8) is 0 Å². The molecule has 9 aromatic carbocycles. The maximum Gasteiger partial charge on any atom is 0.136 e. The van der Waals surface area contributed by atoms with Crippen LogP contribution in [-0.2, 0) is 5.41 Å². The molecule has 0 saturated carbocycles. The van der Waals surface area contributed by atoms with Crippen LogP contribution in [0.25, 0.3) is 75.5 Å². The molecule has 0 aliphatic heterocycles. The molecule has 0 atom stereocenters. The van der Waals surface area contributed by atoms with Crippen molar-refractivity contribution >= 4 is 70.5 Å². The highest BCUT2D eigenvalue weighted by Gasteiger charge is 2.51. The average molecular weight is 756 g/mol. The topological polar surface area (TPSA) is 16.4 Å². The maximum atomic E-state index is 6.44. The van der Waals surface area contributed by atoms with E-state index >= 15 is 0 Å². The highest BCUT2D eigenvalue weighted by atomic mass is 32.1. The van der Waals surface area contributed by atoms with E-state index in [0.717, 1.165) is 50.1 Å². The second-order valence-corrected chi connectivity index (χ2v) is 16.6. The summed E-state index contributed by atoms with van der Waals surface area (Å²) in [5, 5.41) is 4.81. The lowest BCUT2D eigenvalue weighted by molar-refractivity contribution is 0.669. The molecule has 2 heterocycles. The number of benzene rings is 9. The maximum absolute atomic E-state index is 6.44. The first-order chi connectivity index (χ1) is 28.8. The highest BCUT2D eigenvalue weighted by molar-refractivity contribution is 7.25. The van der Waals surface area contributed by atoms with Gasteiger partial charge in [0.1, 0.15) is 11.2 Å². The molecule has 2 aliphatic rings. The summed E-state index contributed by atoms with van der Waals surface area (Å²) in [5.74, 6) is 0. The number of nitrogens with zero attached hydrogens (tertiary/aromatic N) is 1. The molecule has 0 N–H and O–H groups in total. The standard InChI is InChI=1S/C55H33NOS/c1-7-21-45-36(14-1)37-15-2-8-22-46(37)55(45)47-23-9-3-16-38(47)39-30-28-35(33-48(39)55)56(34-29-31-53-44(32-34)41-18-6-12-27-52(41)58-53)49-24-10-4-17-40(49)42-20-13-26-51-54(42)43-19-5-11-25-50(43)57-51/h1-33H. The van der Waals surface area contributed by atoms with E-state index in [-0.39, 0.29) is 0 Å². The van der Waals surface area contributed by atoms with E-state index in [4.69, 9.17) is 4.42 Å². The van der Waals surface area contributed by atoms with Crippen LogP contribution >= 0.6 is 11.3 Å². The number of hydrogen-bond acceptors (Lipinski definition) is 3. The van der Waals surface area contributed by atoms with Gasteiger partial charge in [0, 0.05) is 47.9 Å². The smallest absolute Gasteiger partial charge is 0.136 e. The molecule has 1 spiro atoms. The molecular formula is C55H33NOS. The summed E-state index contributed by atoms with van der Waals surface area (Å²) in [6.07, 6.45) is 0. The number of hydrogen-bond donors (Lipinski definition) is 0. The van der Waals surface area contributed by atoms with Gasteiger partial charge in [0.15, 0.2) is 0 Å². The third kappa shape index (κ3) is 4.21. The predicted octanol–water partition coefficient (Wildman–Crippen LogP) is 15.4. The first-order valence-corrected chi connectivity index (χ1v) is 20.7. The first kappa shape index (κ1) is 31.9. The van der Waals surface area contributed by atoms with E-state index in [1.807, 2.05) is 17.4 Å². The highest BCUT2D eigenvalue weighted by Crippen LogP contribution is 2.63. The normalized spacial score (nSPS) is 13.3. The quantitative estimate of drug-likeness (QED) is 0.178. The lowest BCUT2D eigenvalue weighted by atomic mass is 9.70. The molecular weight excluding hydrogens is 723 g/mol. The Morgan fingerprint density at radius 3 is 1.66 bits per heavy atom. The molecule has 0 unspecified atom stereocenters. The van der Waals surface area contributed by atoms with Crippen LogP contribution in [0.5, 0.6) is 0 Å². The molecule has 13 rings (SSSR count). The van der Waals surface area contributed by atoms with Crippen molar-refractivity contribution in [2.24, 2.45) is 0 Å². The average Bonchev–Trinajstić information content (AvgIpc) is 4.02. The molecule has 2 nitrogen and oxygen atoms in total. The van der Waals surface area contributed by atoms with Gasteiger partial charge in [0.25, 0.3) is 0 Å². The summed E-state index contributed by atoms with van der Waals surface area (Å²) in [6, 6.07) is 73.9. The van der Waals surface area contributed by atoms with Crippen molar-refractivity contribution in [3.8, 4) is 33.4 Å². The van der Waals surface area contributed by atoms with E-state index in [0.29, 0.717) is 0 Å². The van der Waals surface area contributed by atoms with Gasteiger partial charge in [-0.2, -0.15) is 0 Å². The summed E-state index contributed by atoms with van der Waals surface area (Å²) in [5.41, 5.74) is 17.5. The molecule has 0 fully saturated rings. The first-order valence-electron chi connectivity index (χ1n) is 19.9. The fraction of sp³-hybridized carbons (Fsp3) is 0.0182. The number of thiophene rings is 1. The SMILES string of the molecule is c1ccc(N(c2ccc3c(c2)C2(c4ccccc4-c4ccccc42)c2ccccc2-3)c2ccc3sc4ccccc4c3c2)c(-c2cccc3oc4ccccc4c23)c1. The molecule has 2 aliphatic carbocycles. The van der Waals surface area contributed by atoms with Gasteiger partial charge in [0.2, 0.25) is 0 Å². The third-order valence-corrected chi connectivity index (χ3v) is 13.8. The van der Waals surface area contributed by atoms with Crippen LogP contribution in [0.4, 0.5) is 17.1 Å². The van der Waals surface area contributed by atoms with Gasteiger partial charge >= 0.3 is 0 Å². The monoisotopic (exact) mass is 755 g/mol. The van der Waals surface area contributed by atoms with Gasteiger partial charge in [-0.25, -0.2) is 0 Å². The summed E-state index contributed by atoms with van der Waals surface area (Å²) in [4.78, 5) is 2.49. The van der Waals surface area contributed by atoms with Gasteiger partial charge in [-0.15, -0.1) is 11.3 Å². The predicted molar refractivity (Wildman–Crippen MR) is 243 cm³/mol. The molecule has 2 aromatic heterocycles. The van der Waals surface area contributed by atoms with E-state index in [1.165, 1.54) is 64.7 Å². The Morgan fingerprint density at radius 2 is 0.897 bits per heavy atom. The third-order valence-electron chi connectivity index (χ3n) is 12.7. The van der Waals surface area contributed by atoms with Crippen molar-refractivity contribution in [3.05, 3.63) is 222 Å². The van der Waals surface area contributed by atoms with Crippen molar-refractivity contribution < 1.29 is 4.42 Å². The fourth-order valence-corrected chi connectivity index (χ4v) is 11.5. The van der Waals surface area contributed by atoms with Gasteiger partial charge in [-0.1, -0.05) is 146 Å². The zero-order valence-electron chi connectivity index (χ0n) is 31.3. The largest absolute Gasteiger partial charge is 0.456 e. The Balaban J connectivity index is 1.11. The summed E-state index contributed by atoms with van der Waals surface area (Å²) in [6.45, 7) is 0.